The van der Waals surface area contributed by atoms with Crippen LogP contribution in [0.15, 0.2) is 12.2 Å². The molecule has 0 unspecified atom stereocenters. The summed E-state index contributed by atoms with van der Waals surface area (Å²) < 4.78 is 23.7. The summed E-state index contributed by atoms with van der Waals surface area (Å²) in [5.74, 6) is 1.56. The van der Waals surface area contributed by atoms with Crippen LogP contribution >= 0.6 is 0 Å². The second-order valence-electron chi connectivity index (χ2n) is 3.80. The lowest BCUT2D eigenvalue weighted by molar-refractivity contribution is 0.359. The van der Waals surface area contributed by atoms with Gasteiger partial charge in [0, 0.05) is 0 Å². The van der Waals surface area contributed by atoms with E-state index in [0.717, 1.165) is 12.3 Å². The van der Waals surface area contributed by atoms with Crippen molar-refractivity contribution in [3.63, 3.8) is 0 Å². The van der Waals surface area contributed by atoms with Crippen molar-refractivity contribution >= 4 is 0 Å². The Hall–Kier alpha value is -0.400. The largest absolute Gasteiger partial charge is 0.266 e. The minimum Gasteiger partial charge on any atom is -0.174 e. The van der Waals surface area contributed by atoms with E-state index in [1.165, 1.54) is 25.3 Å². The molecule has 0 heterocycles. The van der Waals surface area contributed by atoms with E-state index in [9.17, 15) is 8.78 Å². The van der Waals surface area contributed by atoms with Crippen LogP contribution in [0.5, 0.6) is 0 Å². The van der Waals surface area contributed by atoms with Crippen molar-refractivity contribution in [2.45, 2.75) is 25.7 Å². The van der Waals surface area contributed by atoms with Gasteiger partial charge >= 0.3 is 0 Å². The second-order valence-corrected chi connectivity index (χ2v) is 3.80. The van der Waals surface area contributed by atoms with Gasteiger partial charge in [-0.2, -0.15) is 8.78 Å². The van der Waals surface area contributed by atoms with Gasteiger partial charge in [0.25, 0.3) is 6.08 Å². The molecular weight excluding hydrogens is 146 g/mol. The molecule has 2 saturated carbocycles. The molecular formula is C9H12F2. The lowest BCUT2D eigenvalue weighted by Crippen LogP contribution is -2.07. The highest BCUT2D eigenvalue weighted by atomic mass is 19.3. The van der Waals surface area contributed by atoms with Gasteiger partial charge in [0.15, 0.2) is 0 Å². The van der Waals surface area contributed by atoms with E-state index in [4.69, 9.17) is 0 Å². The molecule has 2 heteroatoms. The van der Waals surface area contributed by atoms with Crippen molar-refractivity contribution in [1.29, 1.82) is 0 Å². The normalized spacial score (nSPS) is 41.1. The first-order valence-electron chi connectivity index (χ1n) is 4.28. The molecule has 2 fully saturated rings. The summed E-state index contributed by atoms with van der Waals surface area (Å²) in [6, 6.07) is 0. The molecule has 2 bridgehead atoms. The molecule has 2 aliphatic rings. The van der Waals surface area contributed by atoms with Crippen molar-refractivity contribution in [2.24, 2.45) is 17.8 Å². The predicted octanol–water partition coefficient (Wildman–Crippen LogP) is 3.20. The maximum absolute atomic E-state index is 11.9. The smallest absolute Gasteiger partial charge is 0.174 e. The monoisotopic (exact) mass is 158 g/mol. The molecule has 2 rings (SSSR count). The molecule has 0 amide bonds. The van der Waals surface area contributed by atoms with Crippen molar-refractivity contribution in [2.75, 3.05) is 0 Å². The highest BCUT2D eigenvalue weighted by molar-refractivity contribution is 5.00. The van der Waals surface area contributed by atoms with E-state index in [1.807, 2.05) is 0 Å². The van der Waals surface area contributed by atoms with Crippen molar-refractivity contribution in [3.05, 3.63) is 12.2 Å². The lowest BCUT2D eigenvalue weighted by Gasteiger charge is -2.16. The van der Waals surface area contributed by atoms with E-state index < -0.39 is 6.08 Å². The van der Waals surface area contributed by atoms with Gasteiger partial charge in [0.1, 0.15) is 0 Å². The second kappa shape index (κ2) is 2.58. The molecule has 0 spiro atoms. The highest BCUT2D eigenvalue weighted by Crippen LogP contribution is 2.49. The van der Waals surface area contributed by atoms with E-state index >= 15 is 0 Å². The molecule has 3 atom stereocenters. The first kappa shape index (κ1) is 7.26. The maximum Gasteiger partial charge on any atom is 0.266 e. The lowest BCUT2D eigenvalue weighted by atomic mass is 9.89. The molecule has 0 radical (unpaired) electrons. The summed E-state index contributed by atoms with van der Waals surface area (Å²) in [5.41, 5.74) is 0. The Kier molecular flexibility index (Phi) is 1.70. The molecule has 0 nitrogen and oxygen atoms in total. The molecule has 0 aromatic carbocycles. The fraction of sp³-hybridized carbons (Fsp3) is 0.778. The van der Waals surface area contributed by atoms with Crippen LogP contribution in [0.1, 0.15) is 25.7 Å². The average molecular weight is 158 g/mol. The van der Waals surface area contributed by atoms with E-state index in [0.29, 0.717) is 5.92 Å². The summed E-state index contributed by atoms with van der Waals surface area (Å²) in [5, 5.41) is 0. The number of fused-ring (bicyclic) bond motifs is 2. The Balaban J connectivity index is 2.03. The van der Waals surface area contributed by atoms with Crippen molar-refractivity contribution in [3.8, 4) is 0 Å². The number of rotatable bonds is 1. The van der Waals surface area contributed by atoms with E-state index in [1.54, 1.807) is 0 Å². The summed E-state index contributed by atoms with van der Waals surface area (Å²) in [6.07, 6.45) is 4.37. The van der Waals surface area contributed by atoms with E-state index in [-0.39, 0.29) is 5.92 Å². The van der Waals surface area contributed by atoms with Gasteiger partial charge in [-0.15, -0.1) is 0 Å². The van der Waals surface area contributed by atoms with Crippen LogP contribution in [0.4, 0.5) is 8.78 Å². The van der Waals surface area contributed by atoms with Gasteiger partial charge < -0.3 is 0 Å². The fourth-order valence-electron chi connectivity index (χ4n) is 2.66. The van der Waals surface area contributed by atoms with Crippen LogP contribution in [-0.4, -0.2) is 0 Å². The Morgan fingerprint density at radius 2 is 2.00 bits per heavy atom. The number of hydrogen-bond acceptors (Lipinski definition) is 0. The Morgan fingerprint density at radius 1 is 1.18 bits per heavy atom. The van der Waals surface area contributed by atoms with Crippen LogP contribution in [-0.2, 0) is 0 Å². The maximum atomic E-state index is 11.9. The molecule has 0 saturated heterocycles. The first-order chi connectivity index (χ1) is 5.25. The minimum atomic E-state index is -1.48. The van der Waals surface area contributed by atoms with E-state index in [2.05, 4.69) is 0 Å². The summed E-state index contributed by atoms with van der Waals surface area (Å²) in [6.45, 7) is 0. The van der Waals surface area contributed by atoms with Gasteiger partial charge in [-0.3, -0.25) is 0 Å². The topological polar surface area (TPSA) is 0 Å². The summed E-state index contributed by atoms with van der Waals surface area (Å²) in [7, 11) is 0. The standard InChI is InChI=1S/C9H12F2/c10-9(11)5-8-4-6-1-2-7(8)3-6/h5-8H,1-4H2/t6-,7-,8+/m1/s1. The van der Waals surface area contributed by atoms with Crippen LogP contribution in [0.2, 0.25) is 0 Å². The third-order valence-electron chi connectivity index (χ3n) is 3.13. The van der Waals surface area contributed by atoms with Gasteiger partial charge in [-0.05, 0) is 43.1 Å². The molecule has 62 valence electrons. The van der Waals surface area contributed by atoms with Gasteiger partial charge in [0.05, 0.1) is 0 Å². The highest BCUT2D eigenvalue weighted by Gasteiger charge is 2.38. The van der Waals surface area contributed by atoms with Crippen molar-refractivity contribution < 1.29 is 8.78 Å². The Morgan fingerprint density at radius 3 is 2.45 bits per heavy atom. The number of hydrogen-bond donors (Lipinski definition) is 0. The SMILES string of the molecule is FC(F)=C[C@@H]1C[C@@H]2CC[C@@H]1C2. The van der Waals surface area contributed by atoms with Crippen LogP contribution < -0.4 is 0 Å². The van der Waals surface area contributed by atoms with Crippen LogP contribution in [0.3, 0.4) is 0 Å². The van der Waals surface area contributed by atoms with Crippen LogP contribution in [0, 0.1) is 17.8 Å². The zero-order chi connectivity index (χ0) is 7.84. The van der Waals surface area contributed by atoms with Crippen molar-refractivity contribution in [1.82, 2.24) is 0 Å². The predicted molar refractivity (Wildman–Crippen MR) is 39.2 cm³/mol. The first-order valence-corrected chi connectivity index (χ1v) is 4.28. The van der Waals surface area contributed by atoms with Gasteiger partial charge in [0.2, 0.25) is 0 Å². The molecule has 2 aliphatic carbocycles. The number of halogens is 2. The molecule has 11 heavy (non-hydrogen) atoms. The zero-order valence-electron chi connectivity index (χ0n) is 6.39. The van der Waals surface area contributed by atoms with Gasteiger partial charge in [-0.1, -0.05) is 6.42 Å². The molecule has 0 aliphatic heterocycles. The summed E-state index contributed by atoms with van der Waals surface area (Å²) >= 11 is 0. The average Bonchev–Trinajstić information content (AvgIpc) is 2.45. The zero-order valence-corrected chi connectivity index (χ0v) is 6.39. The third kappa shape index (κ3) is 1.31. The molecule has 0 N–H and O–H groups in total. The molecule has 0 aromatic heterocycles. The van der Waals surface area contributed by atoms with Gasteiger partial charge in [-0.25, -0.2) is 0 Å². The quantitative estimate of drug-likeness (QED) is 0.549. The Bertz CT molecular complexity index is 182. The molecule has 0 aromatic rings. The third-order valence-corrected chi connectivity index (χ3v) is 3.13. The number of allylic oxidation sites excluding steroid dienone is 1. The minimum absolute atomic E-state index is 0.207. The fourth-order valence-corrected chi connectivity index (χ4v) is 2.66. The summed E-state index contributed by atoms with van der Waals surface area (Å²) in [4.78, 5) is 0. The van der Waals surface area contributed by atoms with Crippen LogP contribution in [0.25, 0.3) is 0 Å². The Labute approximate surface area is 65.3 Å².